The molecule has 2 rings (SSSR count). The number of anilines is 1. The van der Waals surface area contributed by atoms with Gasteiger partial charge in [0.2, 0.25) is 0 Å². The van der Waals surface area contributed by atoms with Crippen LogP contribution in [0.5, 0.6) is 0 Å². The Hall–Kier alpha value is -1.02. The molecule has 0 heterocycles. The van der Waals surface area contributed by atoms with Crippen LogP contribution in [0.15, 0.2) is 34.8 Å². The summed E-state index contributed by atoms with van der Waals surface area (Å²) in [7, 11) is 0. The summed E-state index contributed by atoms with van der Waals surface area (Å²) in [6, 6.07) is 10.5. The van der Waals surface area contributed by atoms with Gasteiger partial charge in [0.05, 0.1) is 5.69 Å². The highest BCUT2D eigenvalue weighted by Crippen LogP contribution is 2.32. The lowest BCUT2D eigenvalue weighted by atomic mass is 9.96. The molecule has 0 bridgehead atoms. The number of fused-ring (bicyclic) bond motifs is 1. The van der Waals surface area contributed by atoms with E-state index in [-0.39, 0.29) is 0 Å². The molecule has 2 aromatic carbocycles. The summed E-state index contributed by atoms with van der Waals surface area (Å²) in [4.78, 5) is 0. The van der Waals surface area contributed by atoms with E-state index in [2.05, 4.69) is 54.0 Å². The SMILES string of the molecule is CC(C)Cc1cc(Br)c(N)c2ccccc12. The van der Waals surface area contributed by atoms with Gasteiger partial charge in [-0.2, -0.15) is 0 Å². The lowest BCUT2D eigenvalue weighted by molar-refractivity contribution is 0.650. The maximum atomic E-state index is 6.07. The maximum absolute atomic E-state index is 6.07. The van der Waals surface area contributed by atoms with E-state index >= 15 is 0 Å². The molecular weight excluding hydrogens is 262 g/mol. The minimum Gasteiger partial charge on any atom is -0.397 e. The van der Waals surface area contributed by atoms with Gasteiger partial charge in [-0.1, -0.05) is 38.1 Å². The first-order chi connectivity index (χ1) is 7.59. The molecule has 0 spiro atoms. The smallest absolute Gasteiger partial charge is 0.0538 e. The van der Waals surface area contributed by atoms with Crippen LogP contribution >= 0.6 is 15.9 Å². The van der Waals surface area contributed by atoms with Crippen molar-refractivity contribution < 1.29 is 0 Å². The topological polar surface area (TPSA) is 26.0 Å². The van der Waals surface area contributed by atoms with Crippen molar-refractivity contribution >= 4 is 32.4 Å². The predicted octanol–water partition coefficient (Wildman–Crippen LogP) is 4.38. The number of rotatable bonds is 2. The zero-order valence-corrected chi connectivity index (χ0v) is 11.2. The summed E-state index contributed by atoms with van der Waals surface area (Å²) >= 11 is 3.53. The largest absolute Gasteiger partial charge is 0.397 e. The van der Waals surface area contributed by atoms with Crippen molar-refractivity contribution in [2.24, 2.45) is 5.92 Å². The van der Waals surface area contributed by atoms with Crippen molar-refractivity contribution in [1.29, 1.82) is 0 Å². The molecule has 0 atom stereocenters. The van der Waals surface area contributed by atoms with E-state index in [9.17, 15) is 0 Å². The van der Waals surface area contributed by atoms with Crippen molar-refractivity contribution in [2.75, 3.05) is 5.73 Å². The van der Waals surface area contributed by atoms with Crippen molar-refractivity contribution in [3.05, 3.63) is 40.4 Å². The van der Waals surface area contributed by atoms with E-state index in [1.165, 1.54) is 10.9 Å². The van der Waals surface area contributed by atoms with E-state index in [0.29, 0.717) is 5.92 Å². The van der Waals surface area contributed by atoms with Gasteiger partial charge in [-0.15, -0.1) is 0 Å². The van der Waals surface area contributed by atoms with E-state index in [4.69, 9.17) is 5.73 Å². The molecule has 0 fully saturated rings. The van der Waals surface area contributed by atoms with E-state index in [1.54, 1.807) is 0 Å². The molecule has 1 nitrogen and oxygen atoms in total. The standard InChI is InChI=1S/C14H16BrN/c1-9(2)7-10-8-13(15)14(16)12-6-4-3-5-11(10)12/h3-6,8-9H,7,16H2,1-2H3. The summed E-state index contributed by atoms with van der Waals surface area (Å²) in [5.41, 5.74) is 8.27. The molecule has 16 heavy (non-hydrogen) atoms. The molecule has 2 N–H and O–H groups in total. The molecule has 0 amide bonds. The quantitative estimate of drug-likeness (QED) is 0.810. The molecule has 0 aromatic heterocycles. The summed E-state index contributed by atoms with van der Waals surface area (Å²) in [5, 5.41) is 2.42. The molecule has 2 heteroatoms. The van der Waals surface area contributed by atoms with E-state index in [0.717, 1.165) is 22.0 Å². The van der Waals surface area contributed by atoms with Crippen LogP contribution in [0.3, 0.4) is 0 Å². The number of hydrogen-bond acceptors (Lipinski definition) is 1. The number of benzene rings is 2. The highest BCUT2D eigenvalue weighted by Gasteiger charge is 2.08. The Labute approximate surface area is 105 Å². The zero-order valence-electron chi connectivity index (χ0n) is 9.63. The lowest BCUT2D eigenvalue weighted by Crippen LogP contribution is -1.98. The molecule has 0 radical (unpaired) electrons. The second-order valence-corrected chi connectivity index (χ2v) is 5.43. The van der Waals surface area contributed by atoms with E-state index < -0.39 is 0 Å². The van der Waals surface area contributed by atoms with Crippen LogP contribution in [-0.2, 0) is 6.42 Å². The zero-order chi connectivity index (χ0) is 11.7. The number of hydrogen-bond donors (Lipinski definition) is 1. The Morgan fingerprint density at radius 2 is 1.81 bits per heavy atom. The third-order valence-corrected chi connectivity index (χ3v) is 3.41. The first-order valence-corrected chi connectivity index (χ1v) is 6.34. The van der Waals surface area contributed by atoms with Crippen molar-refractivity contribution in [2.45, 2.75) is 20.3 Å². The molecule has 84 valence electrons. The van der Waals surface area contributed by atoms with Gasteiger partial charge in [-0.25, -0.2) is 0 Å². The van der Waals surface area contributed by atoms with Crippen molar-refractivity contribution in [3.8, 4) is 0 Å². The average Bonchev–Trinajstić information content (AvgIpc) is 2.25. The summed E-state index contributed by atoms with van der Waals surface area (Å²) in [6.45, 7) is 4.47. The highest BCUT2D eigenvalue weighted by molar-refractivity contribution is 9.10. The number of nitrogens with two attached hydrogens (primary N) is 1. The fourth-order valence-corrected chi connectivity index (χ4v) is 2.53. The molecule has 0 saturated heterocycles. The maximum Gasteiger partial charge on any atom is 0.0538 e. The van der Waals surface area contributed by atoms with Crippen LogP contribution < -0.4 is 5.73 Å². The molecular formula is C14H16BrN. The van der Waals surface area contributed by atoms with Crippen LogP contribution in [0.1, 0.15) is 19.4 Å². The van der Waals surface area contributed by atoms with Crippen LogP contribution in [0.2, 0.25) is 0 Å². The van der Waals surface area contributed by atoms with Crippen LogP contribution in [0, 0.1) is 5.92 Å². The summed E-state index contributed by atoms with van der Waals surface area (Å²) in [5.74, 6) is 0.652. The van der Waals surface area contributed by atoms with Gasteiger partial charge in [-0.3, -0.25) is 0 Å². The Morgan fingerprint density at radius 1 is 1.19 bits per heavy atom. The summed E-state index contributed by atoms with van der Waals surface area (Å²) in [6.07, 6.45) is 1.08. The van der Waals surface area contributed by atoms with Gasteiger partial charge >= 0.3 is 0 Å². The van der Waals surface area contributed by atoms with Gasteiger partial charge in [0, 0.05) is 9.86 Å². The average molecular weight is 278 g/mol. The molecule has 0 aliphatic heterocycles. The Morgan fingerprint density at radius 3 is 2.44 bits per heavy atom. The molecule has 0 aliphatic rings. The monoisotopic (exact) mass is 277 g/mol. The second kappa shape index (κ2) is 4.46. The van der Waals surface area contributed by atoms with Gasteiger partial charge in [0.25, 0.3) is 0 Å². The third-order valence-electron chi connectivity index (χ3n) is 2.75. The normalized spacial score (nSPS) is 11.2. The Balaban J connectivity index is 2.69. The second-order valence-electron chi connectivity index (χ2n) is 4.57. The number of nitrogen functional groups attached to an aromatic ring is 1. The third kappa shape index (κ3) is 2.07. The molecule has 2 aromatic rings. The van der Waals surface area contributed by atoms with Crippen LogP contribution in [-0.4, -0.2) is 0 Å². The molecule has 0 aliphatic carbocycles. The fraction of sp³-hybridized carbons (Fsp3) is 0.286. The summed E-state index contributed by atoms with van der Waals surface area (Å²) < 4.78 is 1.00. The van der Waals surface area contributed by atoms with Crippen LogP contribution in [0.25, 0.3) is 10.8 Å². The lowest BCUT2D eigenvalue weighted by Gasteiger charge is -2.12. The van der Waals surface area contributed by atoms with Crippen molar-refractivity contribution in [3.63, 3.8) is 0 Å². The highest BCUT2D eigenvalue weighted by atomic mass is 79.9. The minimum absolute atomic E-state index is 0.652. The van der Waals surface area contributed by atoms with Gasteiger partial charge < -0.3 is 5.73 Å². The first-order valence-electron chi connectivity index (χ1n) is 5.55. The van der Waals surface area contributed by atoms with Gasteiger partial charge in [0.1, 0.15) is 0 Å². The first kappa shape index (κ1) is 11.5. The number of halogens is 1. The molecule has 0 saturated carbocycles. The minimum atomic E-state index is 0.652. The Kier molecular flexibility index (Phi) is 3.20. The van der Waals surface area contributed by atoms with Gasteiger partial charge in [-0.05, 0) is 45.3 Å². The van der Waals surface area contributed by atoms with Crippen LogP contribution in [0.4, 0.5) is 5.69 Å². The molecule has 0 unspecified atom stereocenters. The fourth-order valence-electron chi connectivity index (χ4n) is 2.04. The van der Waals surface area contributed by atoms with Crippen molar-refractivity contribution in [1.82, 2.24) is 0 Å². The van der Waals surface area contributed by atoms with E-state index in [1.807, 2.05) is 6.07 Å². The van der Waals surface area contributed by atoms with Gasteiger partial charge in [0.15, 0.2) is 0 Å². The Bertz CT molecular complexity index is 517. The predicted molar refractivity (Wildman–Crippen MR) is 74.6 cm³/mol.